The molecule has 0 aromatic carbocycles. The van der Waals surface area contributed by atoms with Crippen LogP contribution >= 0.6 is 0 Å². The van der Waals surface area contributed by atoms with Crippen LogP contribution in [0.25, 0.3) is 0 Å². The summed E-state index contributed by atoms with van der Waals surface area (Å²) in [4.78, 5) is 21.8. The third-order valence-corrected chi connectivity index (χ3v) is 5.39. The lowest BCUT2D eigenvalue weighted by Crippen LogP contribution is -2.37. The average molecular weight is 426 g/mol. The highest BCUT2D eigenvalue weighted by molar-refractivity contribution is 5.73. The van der Waals surface area contributed by atoms with Gasteiger partial charge in [0, 0.05) is 6.42 Å². The molecule has 30 heavy (non-hydrogen) atoms. The number of primary amides is 1. The Hall–Kier alpha value is -1.40. The molecule has 0 unspecified atom stereocenters. The highest BCUT2D eigenvalue weighted by Gasteiger charge is 2.15. The van der Waals surface area contributed by atoms with Crippen molar-refractivity contribution < 1.29 is 14.7 Å². The maximum Gasteiger partial charge on any atom is 0.320 e. The molecule has 0 fully saturated rings. The number of carboxylic acids is 1. The van der Waals surface area contributed by atoms with Gasteiger partial charge in [-0.15, -0.1) is 0 Å². The summed E-state index contributed by atoms with van der Waals surface area (Å²) < 4.78 is 0. The van der Waals surface area contributed by atoms with Gasteiger partial charge in [-0.05, 0) is 64.5 Å². The number of hydrogen-bond donors (Lipinski definition) is 4. The van der Waals surface area contributed by atoms with Crippen LogP contribution in [0.15, 0.2) is 12.2 Å². The van der Waals surface area contributed by atoms with Crippen molar-refractivity contribution in [3.05, 3.63) is 12.2 Å². The Kier molecular flexibility index (Phi) is 21.2. The molecule has 0 bridgehead atoms. The Bertz CT molecular complexity index is 441. The molecule has 176 valence electrons. The zero-order chi connectivity index (χ0) is 22.3. The minimum atomic E-state index is -0.750. The summed E-state index contributed by atoms with van der Waals surface area (Å²) in [5, 5.41) is 12.4. The monoisotopic (exact) mass is 425 g/mol. The summed E-state index contributed by atoms with van der Waals surface area (Å²) in [6.45, 7) is 1.41. The van der Waals surface area contributed by atoms with Gasteiger partial charge in [0.05, 0.1) is 0 Å². The van der Waals surface area contributed by atoms with Crippen LogP contribution in [0.1, 0.15) is 109 Å². The number of allylic oxidation sites excluding steroid dienone is 2. The molecular formula is C24H47N3O3. The minimum Gasteiger partial charge on any atom is -0.480 e. The fraction of sp³-hybridized carbons (Fsp3) is 0.833. The predicted octanol–water partition coefficient (Wildman–Crippen LogP) is 4.66. The third kappa shape index (κ3) is 21.3. The highest BCUT2D eigenvalue weighted by atomic mass is 16.4. The van der Waals surface area contributed by atoms with Gasteiger partial charge < -0.3 is 21.9 Å². The Morgan fingerprint density at radius 2 is 1.30 bits per heavy atom. The van der Waals surface area contributed by atoms with Gasteiger partial charge in [0.15, 0.2) is 0 Å². The molecule has 0 aromatic rings. The van der Waals surface area contributed by atoms with Crippen LogP contribution in [0.4, 0.5) is 0 Å². The lowest BCUT2D eigenvalue weighted by Gasteiger charge is -2.14. The van der Waals surface area contributed by atoms with Crippen molar-refractivity contribution in [1.29, 1.82) is 0 Å². The van der Waals surface area contributed by atoms with E-state index in [2.05, 4.69) is 17.5 Å². The molecule has 0 saturated carbocycles. The SMILES string of the molecule is NCCCC[C@H](NCCCCCCCC/C=C\CCCCCCCC(N)=O)C(=O)O. The van der Waals surface area contributed by atoms with Gasteiger partial charge in [-0.25, -0.2) is 0 Å². The second-order valence-electron chi connectivity index (χ2n) is 8.28. The maximum absolute atomic E-state index is 11.2. The number of rotatable bonds is 23. The van der Waals surface area contributed by atoms with E-state index < -0.39 is 12.0 Å². The van der Waals surface area contributed by atoms with E-state index in [9.17, 15) is 14.7 Å². The second-order valence-corrected chi connectivity index (χ2v) is 8.28. The summed E-state index contributed by atoms with van der Waals surface area (Å²) >= 11 is 0. The first kappa shape index (κ1) is 28.6. The van der Waals surface area contributed by atoms with Crippen molar-refractivity contribution in [3.63, 3.8) is 0 Å². The molecule has 0 heterocycles. The van der Waals surface area contributed by atoms with Gasteiger partial charge in [0.1, 0.15) is 6.04 Å². The smallest absolute Gasteiger partial charge is 0.320 e. The maximum atomic E-state index is 11.2. The number of hydrogen-bond acceptors (Lipinski definition) is 4. The molecule has 6 N–H and O–H groups in total. The van der Waals surface area contributed by atoms with Crippen LogP contribution in [-0.4, -0.2) is 36.1 Å². The number of unbranched alkanes of at least 4 members (excludes halogenated alkanes) is 12. The van der Waals surface area contributed by atoms with Gasteiger partial charge >= 0.3 is 5.97 Å². The van der Waals surface area contributed by atoms with Crippen molar-refractivity contribution in [3.8, 4) is 0 Å². The van der Waals surface area contributed by atoms with E-state index in [0.717, 1.165) is 51.5 Å². The zero-order valence-corrected chi connectivity index (χ0v) is 19.1. The van der Waals surface area contributed by atoms with Crippen molar-refractivity contribution >= 4 is 11.9 Å². The van der Waals surface area contributed by atoms with Gasteiger partial charge in [-0.3, -0.25) is 9.59 Å². The zero-order valence-electron chi connectivity index (χ0n) is 19.1. The summed E-state index contributed by atoms with van der Waals surface area (Å²) in [5.41, 5.74) is 10.6. The molecule has 0 aliphatic heterocycles. The molecule has 0 aromatic heterocycles. The van der Waals surface area contributed by atoms with Gasteiger partial charge in [0.25, 0.3) is 0 Å². The van der Waals surface area contributed by atoms with Crippen molar-refractivity contribution in [1.82, 2.24) is 5.32 Å². The van der Waals surface area contributed by atoms with E-state index in [4.69, 9.17) is 11.5 Å². The number of nitrogens with two attached hydrogens (primary N) is 2. The van der Waals surface area contributed by atoms with Crippen LogP contribution in [0, 0.1) is 0 Å². The van der Waals surface area contributed by atoms with E-state index in [1.807, 2.05) is 0 Å². The molecule has 0 spiro atoms. The largest absolute Gasteiger partial charge is 0.480 e. The van der Waals surface area contributed by atoms with Crippen molar-refractivity contribution in [2.45, 2.75) is 115 Å². The van der Waals surface area contributed by atoms with Crippen LogP contribution < -0.4 is 16.8 Å². The average Bonchev–Trinajstić information content (AvgIpc) is 2.71. The number of amides is 1. The number of nitrogens with one attached hydrogen (secondary N) is 1. The molecule has 1 amide bonds. The van der Waals surface area contributed by atoms with E-state index in [1.54, 1.807) is 0 Å². The molecule has 6 nitrogen and oxygen atoms in total. The minimum absolute atomic E-state index is 0.187. The molecular weight excluding hydrogens is 378 g/mol. The highest BCUT2D eigenvalue weighted by Crippen LogP contribution is 2.10. The lowest BCUT2D eigenvalue weighted by molar-refractivity contribution is -0.139. The Balaban J connectivity index is 3.34. The Morgan fingerprint density at radius 1 is 0.767 bits per heavy atom. The standard InChI is InChI=1S/C24H47N3O3/c25-20-16-15-18-22(24(29)30)27-21-17-13-11-9-7-5-3-1-2-4-6-8-10-12-14-19-23(26)28/h1-2,22,27H,3-21,25H2,(H2,26,28)(H,29,30)/b2-1-/t22-/m0/s1. The fourth-order valence-electron chi connectivity index (χ4n) is 3.50. The summed E-state index contributed by atoms with van der Waals surface area (Å²) in [5.74, 6) is -0.936. The number of aliphatic carboxylic acids is 1. The van der Waals surface area contributed by atoms with Gasteiger partial charge in [-0.2, -0.15) is 0 Å². The van der Waals surface area contributed by atoms with Crippen molar-refractivity contribution in [2.24, 2.45) is 11.5 Å². The third-order valence-electron chi connectivity index (χ3n) is 5.39. The lowest BCUT2D eigenvalue weighted by atomic mass is 10.1. The van der Waals surface area contributed by atoms with E-state index >= 15 is 0 Å². The van der Waals surface area contributed by atoms with Crippen LogP contribution in [-0.2, 0) is 9.59 Å². The fourth-order valence-corrected chi connectivity index (χ4v) is 3.50. The molecule has 0 radical (unpaired) electrons. The van der Waals surface area contributed by atoms with Crippen molar-refractivity contribution in [2.75, 3.05) is 13.1 Å². The first-order valence-corrected chi connectivity index (χ1v) is 12.2. The first-order valence-electron chi connectivity index (χ1n) is 12.2. The predicted molar refractivity (Wildman–Crippen MR) is 125 cm³/mol. The number of carbonyl (C=O) groups excluding carboxylic acids is 1. The summed E-state index contributed by atoms with van der Waals surface area (Å²) in [7, 11) is 0. The van der Waals surface area contributed by atoms with Crippen LogP contribution in [0.3, 0.4) is 0 Å². The molecule has 0 aliphatic rings. The van der Waals surface area contributed by atoms with Crippen LogP contribution in [0.2, 0.25) is 0 Å². The van der Waals surface area contributed by atoms with E-state index in [0.29, 0.717) is 19.4 Å². The molecule has 6 heteroatoms. The normalized spacial score (nSPS) is 12.4. The molecule has 1 atom stereocenters. The Labute approximate surface area is 184 Å². The molecule has 0 aliphatic carbocycles. The first-order chi connectivity index (χ1) is 14.6. The topological polar surface area (TPSA) is 118 Å². The summed E-state index contributed by atoms with van der Waals surface area (Å²) in [6, 6.07) is -0.426. The van der Waals surface area contributed by atoms with Crippen LogP contribution in [0.5, 0.6) is 0 Å². The number of carbonyl (C=O) groups is 2. The summed E-state index contributed by atoms with van der Waals surface area (Å²) in [6.07, 6.45) is 22.8. The van der Waals surface area contributed by atoms with Gasteiger partial charge in [0.2, 0.25) is 5.91 Å². The van der Waals surface area contributed by atoms with E-state index in [-0.39, 0.29) is 5.91 Å². The molecule has 0 rings (SSSR count). The molecule has 0 saturated heterocycles. The second kappa shape index (κ2) is 22.3. The Morgan fingerprint density at radius 3 is 1.83 bits per heavy atom. The quantitative estimate of drug-likeness (QED) is 0.140. The van der Waals surface area contributed by atoms with E-state index in [1.165, 1.54) is 51.4 Å². The number of carboxylic acid groups (broad SMARTS) is 1. The van der Waals surface area contributed by atoms with Gasteiger partial charge in [-0.1, -0.05) is 63.5 Å².